The van der Waals surface area contributed by atoms with Crippen LogP contribution in [0, 0.1) is 10.1 Å². The Morgan fingerprint density at radius 3 is 2.71 bits per heavy atom. The number of non-ortho nitro benzene ring substituents is 1. The average Bonchev–Trinajstić information content (AvgIpc) is 3.10. The average molecular weight is 553 g/mol. The zero-order valence-electron chi connectivity index (χ0n) is 16.0. The summed E-state index contributed by atoms with van der Waals surface area (Å²) < 4.78 is 7.71. The molecule has 3 aromatic rings. The van der Waals surface area contributed by atoms with Crippen molar-refractivity contribution in [3.63, 3.8) is 0 Å². The molecule has 0 saturated heterocycles. The standard InChI is InChI=1S/C19H15Br2N5O5/c1-31-16-7-13(20)6-12(18(16)27)8-22-23-19(28)17-15(21)10-25(24-17)9-11-2-4-14(5-3-11)26(29)30/h2-8,10,27H,9H2,1H3,(H,23,28). The molecule has 0 atom stereocenters. The summed E-state index contributed by atoms with van der Waals surface area (Å²) in [5, 5.41) is 28.9. The van der Waals surface area contributed by atoms with Gasteiger partial charge in [0.05, 0.1) is 29.3 Å². The Kier molecular flexibility index (Phi) is 7.02. The van der Waals surface area contributed by atoms with Crippen molar-refractivity contribution >= 4 is 49.7 Å². The number of aromatic nitrogens is 2. The lowest BCUT2D eigenvalue weighted by atomic mass is 10.2. The van der Waals surface area contributed by atoms with Crippen LogP contribution in [0.2, 0.25) is 0 Å². The number of halogens is 2. The number of phenolic OH excluding ortho intramolecular Hbond substituents is 1. The van der Waals surface area contributed by atoms with E-state index in [4.69, 9.17) is 4.74 Å². The number of aromatic hydroxyl groups is 1. The number of carbonyl (C=O) groups excluding carboxylic acids is 1. The van der Waals surface area contributed by atoms with Crippen molar-refractivity contribution in [3.8, 4) is 11.5 Å². The van der Waals surface area contributed by atoms with Crippen LogP contribution >= 0.6 is 31.9 Å². The number of hydrogen-bond acceptors (Lipinski definition) is 7. The van der Waals surface area contributed by atoms with Gasteiger partial charge >= 0.3 is 0 Å². The number of carbonyl (C=O) groups is 1. The van der Waals surface area contributed by atoms with Crippen LogP contribution in [0.4, 0.5) is 5.69 Å². The van der Waals surface area contributed by atoms with E-state index in [1.165, 1.54) is 30.1 Å². The number of nitro benzene ring substituents is 1. The third-order valence-electron chi connectivity index (χ3n) is 4.08. The Labute approximate surface area is 192 Å². The molecule has 1 amide bonds. The molecule has 1 aromatic heterocycles. The maximum absolute atomic E-state index is 12.4. The highest BCUT2D eigenvalue weighted by Gasteiger charge is 2.15. The van der Waals surface area contributed by atoms with E-state index in [0.717, 1.165) is 5.56 Å². The summed E-state index contributed by atoms with van der Waals surface area (Å²) in [5.74, 6) is -0.417. The fourth-order valence-electron chi connectivity index (χ4n) is 2.60. The molecule has 12 heteroatoms. The van der Waals surface area contributed by atoms with Crippen molar-refractivity contribution in [1.29, 1.82) is 0 Å². The van der Waals surface area contributed by atoms with Gasteiger partial charge in [-0.2, -0.15) is 10.2 Å². The highest BCUT2D eigenvalue weighted by Crippen LogP contribution is 2.32. The van der Waals surface area contributed by atoms with Gasteiger partial charge in [0.1, 0.15) is 0 Å². The van der Waals surface area contributed by atoms with Crippen LogP contribution in [0.3, 0.4) is 0 Å². The molecule has 0 saturated carbocycles. The first-order valence-electron chi connectivity index (χ1n) is 8.64. The topological polar surface area (TPSA) is 132 Å². The van der Waals surface area contributed by atoms with Gasteiger partial charge in [0.25, 0.3) is 11.6 Å². The lowest BCUT2D eigenvalue weighted by Gasteiger charge is -2.06. The lowest BCUT2D eigenvalue weighted by molar-refractivity contribution is -0.384. The molecule has 0 aliphatic carbocycles. The number of nitrogens with zero attached hydrogens (tertiary/aromatic N) is 4. The van der Waals surface area contributed by atoms with Crippen LogP contribution in [0.1, 0.15) is 21.6 Å². The third kappa shape index (κ3) is 5.47. The Balaban J connectivity index is 1.69. The van der Waals surface area contributed by atoms with Crippen molar-refractivity contribution in [2.45, 2.75) is 6.54 Å². The maximum Gasteiger partial charge on any atom is 0.293 e. The minimum Gasteiger partial charge on any atom is -0.504 e. The summed E-state index contributed by atoms with van der Waals surface area (Å²) in [6, 6.07) is 9.26. The van der Waals surface area contributed by atoms with Gasteiger partial charge in [-0.15, -0.1) is 0 Å². The smallest absolute Gasteiger partial charge is 0.293 e. The molecule has 0 aliphatic heterocycles. The van der Waals surface area contributed by atoms with Gasteiger partial charge in [0, 0.05) is 28.4 Å². The van der Waals surface area contributed by atoms with Crippen LogP contribution < -0.4 is 10.2 Å². The second-order valence-corrected chi connectivity index (χ2v) is 7.96. The molecule has 0 aliphatic rings. The fourth-order valence-corrected chi connectivity index (χ4v) is 3.55. The van der Waals surface area contributed by atoms with E-state index in [9.17, 15) is 20.0 Å². The number of nitro groups is 1. The Hall–Kier alpha value is -3.25. The molecule has 31 heavy (non-hydrogen) atoms. The van der Waals surface area contributed by atoms with E-state index in [0.29, 0.717) is 21.1 Å². The first-order chi connectivity index (χ1) is 14.8. The zero-order chi connectivity index (χ0) is 22.5. The summed E-state index contributed by atoms with van der Waals surface area (Å²) in [5.41, 5.74) is 3.58. The molecule has 0 radical (unpaired) electrons. The summed E-state index contributed by atoms with van der Waals surface area (Å²) in [6.45, 7) is 0.318. The lowest BCUT2D eigenvalue weighted by Crippen LogP contribution is -2.19. The van der Waals surface area contributed by atoms with Crippen molar-refractivity contribution < 1.29 is 19.6 Å². The second kappa shape index (κ2) is 9.71. The Bertz CT molecular complexity index is 1160. The SMILES string of the molecule is COc1cc(Br)cc(C=NNC(=O)c2nn(Cc3ccc([N+](=O)[O-])cc3)cc2Br)c1O. The number of benzene rings is 2. The molecular formula is C19H15Br2N5O5. The molecule has 1 heterocycles. The monoisotopic (exact) mass is 551 g/mol. The van der Waals surface area contributed by atoms with Crippen molar-refractivity contribution in [2.75, 3.05) is 7.11 Å². The number of phenols is 1. The molecular weight excluding hydrogens is 538 g/mol. The molecule has 0 bridgehead atoms. The highest BCUT2D eigenvalue weighted by atomic mass is 79.9. The van der Waals surface area contributed by atoms with Crippen LogP contribution in [0.5, 0.6) is 11.5 Å². The normalized spacial score (nSPS) is 10.9. The highest BCUT2D eigenvalue weighted by molar-refractivity contribution is 9.10. The van der Waals surface area contributed by atoms with Gasteiger partial charge in [0.2, 0.25) is 0 Å². The van der Waals surface area contributed by atoms with Crippen LogP contribution in [0.25, 0.3) is 0 Å². The van der Waals surface area contributed by atoms with Crippen molar-refractivity contribution in [1.82, 2.24) is 15.2 Å². The van der Waals surface area contributed by atoms with E-state index in [1.54, 1.807) is 30.5 Å². The number of amides is 1. The minimum atomic E-state index is -0.563. The number of hydrogen-bond donors (Lipinski definition) is 2. The predicted molar refractivity (Wildman–Crippen MR) is 120 cm³/mol. The molecule has 2 N–H and O–H groups in total. The molecule has 0 unspecified atom stereocenters. The summed E-state index contributed by atoms with van der Waals surface area (Å²) in [6.07, 6.45) is 2.90. The minimum absolute atomic E-state index is 0.00238. The van der Waals surface area contributed by atoms with E-state index < -0.39 is 10.8 Å². The number of hydrazone groups is 1. The second-order valence-electron chi connectivity index (χ2n) is 6.19. The van der Waals surface area contributed by atoms with Crippen molar-refractivity contribution in [3.05, 3.63) is 78.5 Å². The quantitative estimate of drug-likeness (QED) is 0.260. The van der Waals surface area contributed by atoms with Gasteiger partial charge in [-0.25, -0.2) is 5.43 Å². The molecule has 0 spiro atoms. The summed E-state index contributed by atoms with van der Waals surface area (Å²) >= 11 is 6.59. The Morgan fingerprint density at radius 2 is 2.06 bits per heavy atom. The van der Waals surface area contributed by atoms with Crippen molar-refractivity contribution in [2.24, 2.45) is 5.10 Å². The number of nitrogens with one attached hydrogen (secondary N) is 1. The van der Waals surface area contributed by atoms with E-state index >= 15 is 0 Å². The summed E-state index contributed by atoms with van der Waals surface area (Å²) in [7, 11) is 1.43. The molecule has 10 nitrogen and oxygen atoms in total. The van der Waals surface area contributed by atoms with Crippen LogP contribution in [0.15, 0.2) is 56.6 Å². The van der Waals surface area contributed by atoms with E-state index in [2.05, 4.69) is 47.5 Å². The van der Waals surface area contributed by atoms with Crippen LogP contribution in [-0.2, 0) is 6.54 Å². The Morgan fingerprint density at radius 1 is 1.35 bits per heavy atom. The molecule has 160 valence electrons. The number of methoxy groups -OCH3 is 1. The molecule has 0 fully saturated rings. The van der Waals surface area contributed by atoms with Gasteiger partial charge in [-0.3, -0.25) is 19.6 Å². The molecule has 2 aromatic carbocycles. The van der Waals surface area contributed by atoms with Gasteiger partial charge in [-0.05, 0) is 33.6 Å². The third-order valence-corrected chi connectivity index (χ3v) is 5.12. The fraction of sp³-hybridized carbons (Fsp3) is 0.105. The first-order valence-corrected chi connectivity index (χ1v) is 10.2. The number of rotatable bonds is 7. The van der Waals surface area contributed by atoms with Gasteiger partial charge in [-0.1, -0.05) is 28.1 Å². The maximum atomic E-state index is 12.4. The van der Waals surface area contributed by atoms with Gasteiger partial charge < -0.3 is 9.84 Å². The van der Waals surface area contributed by atoms with Gasteiger partial charge in [0.15, 0.2) is 17.2 Å². The summed E-state index contributed by atoms with van der Waals surface area (Å²) in [4.78, 5) is 22.7. The largest absolute Gasteiger partial charge is 0.504 e. The van der Waals surface area contributed by atoms with E-state index in [1.807, 2.05) is 0 Å². The van der Waals surface area contributed by atoms with Crippen LogP contribution in [-0.4, -0.2) is 39.0 Å². The number of ether oxygens (including phenoxy) is 1. The first kappa shape index (κ1) is 22.4. The van der Waals surface area contributed by atoms with E-state index in [-0.39, 0.29) is 22.9 Å². The molecule has 3 rings (SSSR count). The zero-order valence-corrected chi connectivity index (χ0v) is 19.1. The predicted octanol–water partition coefficient (Wildman–Crippen LogP) is 3.84.